The predicted molar refractivity (Wildman–Crippen MR) is 143 cm³/mol. The SMILES string of the molecule is C=C(N)N[C@@H]1C=C(C(=O)O)O[C@H]([C@H](OC(=O)N(C)CCOCCOCCOCCOCC)[C@H](O)CO)[C@H]1NC(C)=O. The molecule has 1 aliphatic heterocycles. The van der Waals surface area contributed by atoms with Crippen molar-refractivity contribution in [2.24, 2.45) is 5.73 Å². The van der Waals surface area contributed by atoms with Crippen molar-refractivity contribution in [2.45, 2.75) is 44.2 Å². The Bertz CT molecular complexity index is 858. The minimum Gasteiger partial charge on any atom is -0.477 e. The number of carboxylic acids is 1. The Kier molecular flexibility index (Phi) is 17.4. The number of carbonyl (C=O) groups is 3. The first-order chi connectivity index (χ1) is 19.5. The van der Waals surface area contributed by atoms with Gasteiger partial charge in [-0.25, -0.2) is 9.59 Å². The summed E-state index contributed by atoms with van der Waals surface area (Å²) >= 11 is 0. The number of amides is 2. The number of nitrogens with two attached hydrogens (primary N) is 1. The fourth-order valence-electron chi connectivity index (χ4n) is 3.65. The van der Waals surface area contributed by atoms with Gasteiger partial charge in [0.05, 0.1) is 70.8 Å². The molecule has 236 valence electrons. The summed E-state index contributed by atoms with van der Waals surface area (Å²) in [5.41, 5.74) is 5.64. The molecule has 5 atom stereocenters. The Labute approximate surface area is 239 Å². The van der Waals surface area contributed by atoms with E-state index in [1.807, 2.05) is 6.92 Å². The molecule has 0 fully saturated rings. The number of hydrogen-bond acceptors (Lipinski definition) is 13. The van der Waals surface area contributed by atoms with E-state index in [0.29, 0.717) is 39.6 Å². The molecule has 0 unspecified atom stereocenters. The predicted octanol–water partition coefficient (Wildman–Crippen LogP) is -1.88. The van der Waals surface area contributed by atoms with Gasteiger partial charge >= 0.3 is 12.1 Å². The van der Waals surface area contributed by atoms with Crippen LogP contribution in [0.25, 0.3) is 0 Å². The van der Waals surface area contributed by atoms with Gasteiger partial charge in [0, 0.05) is 27.1 Å². The molecule has 0 radical (unpaired) electrons. The number of rotatable bonds is 21. The van der Waals surface area contributed by atoms with Crippen LogP contribution >= 0.6 is 0 Å². The average Bonchev–Trinajstić information content (AvgIpc) is 2.91. The van der Waals surface area contributed by atoms with Gasteiger partial charge in [-0.3, -0.25) is 4.79 Å². The fourth-order valence-corrected chi connectivity index (χ4v) is 3.65. The molecular weight excluding hydrogens is 548 g/mol. The summed E-state index contributed by atoms with van der Waals surface area (Å²) in [5, 5.41) is 35.0. The molecule has 0 saturated carbocycles. The van der Waals surface area contributed by atoms with E-state index in [4.69, 9.17) is 34.2 Å². The van der Waals surface area contributed by atoms with Gasteiger partial charge in [0.2, 0.25) is 11.7 Å². The molecule has 16 nitrogen and oxygen atoms in total. The molecule has 0 saturated heterocycles. The number of ether oxygens (including phenoxy) is 6. The highest BCUT2D eigenvalue weighted by Gasteiger charge is 2.46. The topological polar surface area (TPSA) is 221 Å². The van der Waals surface area contributed by atoms with Gasteiger partial charge in [-0.1, -0.05) is 6.58 Å². The van der Waals surface area contributed by atoms with Gasteiger partial charge in [0.1, 0.15) is 6.10 Å². The van der Waals surface area contributed by atoms with Crippen LogP contribution in [0.1, 0.15) is 13.8 Å². The van der Waals surface area contributed by atoms with Crippen molar-refractivity contribution in [3.8, 4) is 0 Å². The maximum atomic E-state index is 12.8. The van der Waals surface area contributed by atoms with Gasteiger partial charge in [0.25, 0.3) is 0 Å². The van der Waals surface area contributed by atoms with Gasteiger partial charge in [0.15, 0.2) is 12.2 Å². The van der Waals surface area contributed by atoms with E-state index < -0.39 is 60.7 Å². The molecule has 1 rings (SSSR count). The van der Waals surface area contributed by atoms with Crippen LogP contribution in [0.4, 0.5) is 4.79 Å². The molecule has 0 aromatic rings. The first kappa shape index (κ1) is 35.9. The fraction of sp³-hybridized carbons (Fsp3) is 0.720. The lowest BCUT2D eigenvalue weighted by Crippen LogP contribution is -2.64. The summed E-state index contributed by atoms with van der Waals surface area (Å²) < 4.78 is 32.3. The third-order valence-corrected chi connectivity index (χ3v) is 5.60. The third kappa shape index (κ3) is 13.8. The van der Waals surface area contributed by atoms with Crippen LogP contribution in [0.15, 0.2) is 24.2 Å². The second-order valence-electron chi connectivity index (χ2n) is 8.89. The van der Waals surface area contributed by atoms with Crippen molar-refractivity contribution < 1.29 is 58.1 Å². The number of likely N-dealkylation sites (N-methyl/N-ethyl adjacent to an activating group) is 1. The van der Waals surface area contributed by atoms with Crippen LogP contribution in [0.3, 0.4) is 0 Å². The zero-order valence-corrected chi connectivity index (χ0v) is 23.8. The highest BCUT2D eigenvalue weighted by Crippen LogP contribution is 2.25. The van der Waals surface area contributed by atoms with Crippen molar-refractivity contribution in [3.63, 3.8) is 0 Å². The molecule has 0 spiro atoms. The van der Waals surface area contributed by atoms with Crippen molar-refractivity contribution in [2.75, 3.05) is 73.1 Å². The summed E-state index contributed by atoms with van der Waals surface area (Å²) in [6, 6.07) is -2.05. The molecule has 0 aromatic heterocycles. The molecular formula is C25H44N4O12. The first-order valence-electron chi connectivity index (χ1n) is 13.1. The Balaban J connectivity index is 2.72. The van der Waals surface area contributed by atoms with Crippen LogP contribution < -0.4 is 16.4 Å². The smallest absolute Gasteiger partial charge is 0.410 e. The van der Waals surface area contributed by atoms with Crippen molar-refractivity contribution in [3.05, 3.63) is 24.2 Å². The van der Waals surface area contributed by atoms with Crippen molar-refractivity contribution in [1.29, 1.82) is 0 Å². The Hall–Kier alpha value is -3.15. The lowest BCUT2D eigenvalue weighted by molar-refractivity contribution is -0.147. The van der Waals surface area contributed by atoms with Gasteiger partial charge in [-0.15, -0.1) is 0 Å². The molecule has 16 heteroatoms. The van der Waals surface area contributed by atoms with Crippen LogP contribution in [0, 0.1) is 0 Å². The number of aliphatic hydroxyl groups excluding tert-OH is 2. The van der Waals surface area contributed by atoms with Crippen LogP contribution in [-0.2, 0) is 38.0 Å². The highest BCUT2D eigenvalue weighted by atomic mass is 16.6. The zero-order valence-electron chi connectivity index (χ0n) is 23.8. The van der Waals surface area contributed by atoms with Crippen LogP contribution in [0.2, 0.25) is 0 Å². The minimum atomic E-state index is -1.69. The summed E-state index contributed by atoms with van der Waals surface area (Å²) in [7, 11) is 1.42. The van der Waals surface area contributed by atoms with E-state index in [1.54, 1.807) is 0 Å². The Morgan fingerprint density at radius 2 is 1.63 bits per heavy atom. The van der Waals surface area contributed by atoms with Crippen molar-refractivity contribution >= 4 is 18.0 Å². The van der Waals surface area contributed by atoms with Gasteiger partial charge < -0.3 is 65.0 Å². The van der Waals surface area contributed by atoms with Crippen molar-refractivity contribution in [1.82, 2.24) is 15.5 Å². The Morgan fingerprint density at radius 3 is 2.12 bits per heavy atom. The lowest BCUT2D eigenvalue weighted by atomic mass is 9.91. The summed E-state index contributed by atoms with van der Waals surface area (Å²) in [6.07, 6.45) is -4.50. The number of nitrogens with one attached hydrogen (secondary N) is 2. The number of aliphatic hydroxyl groups is 2. The molecule has 1 heterocycles. The molecule has 0 aliphatic carbocycles. The first-order valence-corrected chi connectivity index (χ1v) is 13.1. The van der Waals surface area contributed by atoms with E-state index in [9.17, 15) is 29.7 Å². The lowest BCUT2D eigenvalue weighted by Gasteiger charge is -2.41. The quantitative estimate of drug-likeness (QED) is 0.0804. The highest BCUT2D eigenvalue weighted by molar-refractivity contribution is 5.85. The van der Waals surface area contributed by atoms with Gasteiger partial charge in [-0.05, 0) is 13.0 Å². The molecule has 0 aromatic carbocycles. The summed E-state index contributed by atoms with van der Waals surface area (Å²) in [6.45, 7) is 9.09. The molecule has 0 bridgehead atoms. The molecule has 1 aliphatic rings. The van der Waals surface area contributed by atoms with Crippen LogP contribution in [-0.4, -0.2) is 142 Å². The standard InChI is InChI=1S/C25H44N4O12/c1-5-36-8-9-38-12-13-39-11-10-37-7-6-29(4)25(35)41-22(19(32)15-30)23-21(28-17(3)31)18(27-16(2)26)14-20(40-23)24(33)34/h14,18-19,21-23,27,30,32H,2,5-13,15,26H2,1,3-4H3,(H,28,31)(H,33,34)/t18-,19-,21+,22-,23+/m1/s1. The average molecular weight is 593 g/mol. The van der Waals surface area contributed by atoms with Gasteiger partial charge in [-0.2, -0.15) is 0 Å². The number of aliphatic carboxylic acids is 1. The normalized spacial score (nSPS) is 19.7. The van der Waals surface area contributed by atoms with E-state index in [-0.39, 0.29) is 25.6 Å². The van der Waals surface area contributed by atoms with E-state index in [2.05, 4.69) is 17.2 Å². The summed E-state index contributed by atoms with van der Waals surface area (Å²) in [4.78, 5) is 37.7. The maximum Gasteiger partial charge on any atom is 0.410 e. The van der Waals surface area contributed by atoms with E-state index >= 15 is 0 Å². The molecule has 7 N–H and O–H groups in total. The third-order valence-electron chi connectivity index (χ3n) is 5.60. The monoisotopic (exact) mass is 592 g/mol. The summed E-state index contributed by atoms with van der Waals surface area (Å²) in [5.74, 6) is -2.58. The Morgan fingerprint density at radius 1 is 1.07 bits per heavy atom. The zero-order chi connectivity index (χ0) is 30.8. The number of carbonyl (C=O) groups excluding carboxylic acids is 2. The van der Waals surface area contributed by atoms with E-state index in [0.717, 1.165) is 11.0 Å². The number of nitrogens with zero attached hydrogens (tertiary/aromatic N) is 1. The second kappa shape index (κ2) is 19.8. The molecule has 2 amide bonds. The van der Waals surface area contributed by atoms with Crippen LogP contribution in [0.5, 0.6) is 0 Å². The second-order valence-corrected chi connectivity index (χ2v) is 8.89. The largest absolute Gasteiger partial charge is 0.477 e. The van der Waals surface area contributed by atoms with E-state index in [1.165, 1.54) is 14.0 Å². The molecule has 41 heavy (non-hydrogen) atoms. The number of carboxylic acid groups (broad SMARTS) is 1. The number of hydrogen-bond donors (Lipinski definition) is 6. The minimum absolute atomic E-state index is 0.0424. The maximum absolute atomic E-state index is 12.8.